The van der Waals surface area contributed by atoms with E-state index in [0.29, 0.717) is 36.7 Å². The molecule has 1 saturated heterocycles. The molecule has 1 unspecified atom stereocenters. The van der Waals surface area contributed by atoms with Crippen molar-refractivity contribution in [3.8, 4) is 11.5 Å². The average molecular weight is 442 g/mol. The van der Waals surface area contributed by atoms with E-state index in [1.807, 2.05) is 39.0 Å². The van der Waals surface area contributed by atoms with Crippen LogP contribution < -0.4 is 14.8 Å². The highest BCUT2D eigenvalue weighted by Gasteiger charge is 2.43. The first kappa shape index (κ1) is 23.6. The van der Waals surface area contributed by atoms with Crippen molar-refractivity contribution in [2.24, 2.45) is 0 Å². The van der Waals surface area contributed by atoms with Crippen LogP contribution in [-0.2, 0) is 22.5 Å². The van der Waals surface area contributed by atoms with E-state index in [-0.39, 0.29) is 25.0 Å². The lowest BCUT2D eigenvalue weighted by atomic mass is 9.91. The summed E-state index contributed by atoms with van der Waals surface area (Å²) in [4.78, 5) is 24.5. The van der Waals surface area contributed by atoms with Crippen molar-refractivity contribution >= 4 is 11.9 Å². The third-order valence-electron chi connectivity index (χ3n) is 5.34. The molecule has 0 spiro atoms. The molecule has 1 fully saturated rings. The summed E-state index contributed by atoms with van der Waals surface area (Å²) >= 11 is 0. The quantitative estimate of drug-likeness (QED) is 0.579. The molecule has 1 amide bonds. The van der Waals surface area contributed by atoms with Crippen LogP contribution in [0.5, 0.6) is 11.5 Å². The number of hydrogen-bond donors (Lipinski definition) is 2. The molecule has 7 heteroatoms. The summed E-state index contributed by atoms with van der Waals surface area (Å²) in [6, 6.07) is 12.6. The number of carbonyl (C=O) groups excluding carboxylic acids is 1. The van der Waals surface area contributed by atoms with Gasteiger partial charge in [-0.1, -0.05) is 12.1 Å². The highest BCUT2D eigenvalue weighted by Crippen LogP contribution is 2.31. The molecular formula is C25H31NO6. The van der Waals surface area contributed by atoms with E-state index >= 15 is 0 Å². The molecular weight excluding hydrogens is 410 g/mol. The van der Waals surface area contributed by atoms with E-state index in [1.54, 1.807) is 24.3 Å². The molecule has 0 aliphatic carbocycles. The highest BCUT2D eigenvalue weighted by atomic mass is 16.5. The normalized spacial score (nSPS) is 17.9. The fraction of sp³-hybridized carbons (Fsp3) is 0.440. The molecule has 1 heterocycles. The van der Waals surface area contributed by atoms with Crippen LogP contribution in [0.3, 0.4) is 0 Å². The maximum Gasteiger partial charge on any atom is 0.336 e. The van der Waals surface area contributed by atoms with Gasteiger partial charge in [-0.25, -0.2) is 4.79 Å². The molecule has 32 heavy (non-hydrogen) atoms. The lowest BCUT2D eigenvalue weighted by molar-refractivity contribution is -0.159. The minimum absolute atomic E-state index is 0.0637. The molecule has 1 aliphatic rings. The third kappa shape index (κ3) is 5.79. The Labute approximate surface area is 188 Å². The van der Waals surface area contributed by atoms with E-state index in [0.717, 1.165) is 17.5 Å². The van der Waals surface area contributed by atoms with Crippen molar-refractivity contribution in [2.45, 2.75) is 58.3 Å². The largest absolute Gasteiger partial charge is 0.494 e. The predicted octanol–water partition coefficient (Wildman–Crippen LogP) is 3.98. The van der Waals surface area contributed by atoms with E-state index in [9.17, 15) is 14.7 Å². The van der Waals surface area contributed by atoms with Crippen molar-refractivity contribution in [1.82, 2.24) is 5.32 Å². The lowest BCUT2D eigenvalue weighted by Gasteiger charge is -2.24. The maximum atomic E-state index is 12.6. The number of benzene rings is 2. The van der Waals surface area contributed by atoms with Gasteiger partial charge in [-0.3, -0.25) is 4.79 Å². The fourth-order valence-corrected chi connectivity index (χ4v) is 3.82. The van der Waals surface area contributed by atoms with Gasteiger partial charge >= 0.3 is 5.97 Å². The van der Waals surface area contributed by atoms with Gasteiger partial charge in [-0.05, 0) is 69.5 Å². The van der Waals surface area contributed by atoms with Gasteiger partial charge in [0.2, 0.25) is 0 Å². The number of aliphatic carboxylic acids is 1. The van der Waals surface area contributed by atoms with E-state index in [4.69, 9.17) is 14.2 Å². The van der Waals surface area contributed by atoms with Crippen molar-refractivity contribution in [1.29, 1.82) is 0 Å². The first-order chi connectivity index (χ1) is 15.3. The molecule has 2 aromatic rings. The minimum Gasteiger partial charge on any atom is -0.494 e. The predicted molar refractivity (Wildman–Crippen MR) is 120 cm³/mol. The van der Waals surface area contributed by atoms with Crippen LogP contribution in [0.25, 0.3) is 0 Å². The fourth-order valence-electron chi connectivity index (χ4n) is 3.82. The van der Waals surface area contributed by atoms with Crippen LogP contribution in [0.15, 0.2) is 42.5 Å². The topological polar surface area (TPSA) is 94.1 Å². The molecule has 2 N–H and O–H groups in total. The Bertz CT molecular complexity index is 932. The Morgan fingerprint density at radius 2 is 1.94 bits per heavy atom. The van der Waals surface area contributed by atoms with Gasteiger partial charge in [-0.2, -0.15) is 0 Å². The first-order valence-corrected chi connectivity index (χ1v) is 11.0. The summed E-state index contributed by atoms with van der Waals surface area (Å²) in [6.45, 7) is 6.98. The van der Waals surface area contributed by atoms with Crippen LogP contribution in [0.2, 0.25) is 0 Å². The van der Waals surface area contributed by atoms with Gasteiger partial charge in [0.1, 0.15) is 11.5 Å². The molecule has 0 radical (unpaired) electrons. The van der Waals surface area contributed by atoms with Gasteiger partial charge in [0.05, 0.1) is 12.7 Å². The summed E-state index contributed by atoms with van der Waals surface area (Å²) in [6.07, 6.45) is 1.55. The minimum atomic E-state index is -1.19. The van der Waals surface area contributed by atoms with Crippen molar-refractivity contribution < 1.29 is 28.9 Å². The van der Waals surface area contributed by atoms with Crippen molar-refractivity contribution in [2.75, 3.05) is 13.2 Å². The van der Waals surface area contributed by atoms with Gasteiger partial charge in [0, 0.05) is 30.7 Å². The smallest absolute Gasteiger partial charge is 0.336 e. The van der Waals surface area contributed by atoms with E-state index in [2.05, 4.69) is 5.32 Å². The zero-order chi connectivity index (χ0) is 23.1. The zero-order valence-electron chi connectivity index (χ0n) is 18.8. The van der Waals surface area contributed by atoms with E-state index in [1.165, 1.54) is 0 Å². The Balaban J connectivity index is 1.72. The molecule has 0 bridgehead atoms. The maximum absolute atomic E-state index is 12.6. The van der Waals surface area contributed by atoms with Crippen LogP contribution in [0.1, 0.15) is 55.1 Å². The number of amides is 1. The first-order valence-electron chi connectivity index (χ1n) is 11.0. The van der Waals surface area contributed by atoms with E-state index < -0.39 is 11.6 Å². The highest BCUT2D eigenvalue weighted by molar-refractivity contribution is 5.94. The van der Waals surface area contributed by atoms with Crippen LogP contribution in [-0.4, -0.2) is 41.9 Å². The summed E-state index contributed by atoms with van der Waals surface area (Å²) in [5.74, 6) is 0.219. The van der Waals surface area contributed by atoms with Crippen LogP contribution in [0, 0.1) is 0 Å². The molecule has 0 saturated carbocycles. The summed E-state index contributed by atoms with van der Waals surface area (Å²) in [5, 5.41) is 12.6. The van der Waals surface area contributed by atoms with Gasteiger partial charge < -0.3 is 24.6 Å². The lowest BCUT2D eigenvalue weighted by Crippen LogP contribution is -2.40. The van der Waals surface area contributed by atoms with Gasteiger partial charge in [0.25, 0.3) is 5.91 Å². The standard InChI is InChI=1S/C25H31NO6/c1-4-30-22-11-6-18(15-25(24(28)29)12-5-13-31-25)14-20(22)16-26-23(27)19-7-9-21(10-8-19)32-17(2)3/h6-11,14,17H,4-5,12-13,15-16H2,1-3H3,(H,26,27)(H,28,29). The second-order valence-electron chi connectivity index (χ2n) is 8.18. The Hall–Kier alpha value is -3.06. The number of nitrogens with one attached hydrogen (secondary N) is 1. The van der Waals surface area contributed by atoms with Gasteiger partial charge in [0.15, 0.2) is 5.60 Å². The summed E-state index contributed by atoms with van der Waals surface area (Å²) in [5.41, 5.74) is 0.959. The van der Waals surface area contributed by atoms with Crippen LogP contribution in [0.4, 0.5) is 0 Å². The third-order valence-corrected chi connectivity index (χ3v) is 5.34. The second kappa shape index (κ2) is 10.5. The molecule has 3 rings (SSSR count). The second-order valence-corrected chi connectivity index (χ2v) is 8.18. The number of carboxylic acid groups (broad SMARTS) is 1. The molecule has 1 aliphatic heterocycles. The van der Waals surface area contributed by atoms with Crippen LogP contribution >= 0.6 is 0 Å². The molecule has 1 atom stereocenters. The SMILES string of the molecule is CCOc1ccc(CC2(C(=O)O)CCCO2)cc1CNC(=O)c1ccc(OC(C)C)cc1. The number of rotatable bonds is 10. The number of carbonyl (C=O) groups is 2. The molecule has 0 aromatic heterocycles. The number of ether oxygens (including phenoxy) is 3. The Morgan fingerprint density at radius 3 is 2.53 bits per heavy atom. The van der Waals surface area contributed by atoms with Crippen molar-refractivity contribution in [3.05, 3.63) is 59.2 Å². The molecule has 7 nitrogen and oxygen atoms in total. The monoisotopic (exact) mass is 441 g/mol. The summed E-state index contributed by atoms with van der Waals surface area (Å²) < 4.78 is 16.9. The Kier molecular flexibility index (Phi) is 7.75. The van der Waals surface area contributed by atoms with Gasteiger partial charge in [-0.15, -0.1) is 0 Å². The number of carboxylic acids is 1. The zero-order valence-corrected chi connectivity index (χ0v) is 18.8. The summed E-state index contributed by atoms with van der Waals surface area (Å²) in [7, 11) is 0. The molecule has 172 valence electrons. The molecule has 2 aromatic carbocycles. The Morgan fingerprint density at radius 1 is 1.19 bits per heavy atom. The van der Waals surface area contributed by atoms with Crippen molar-refractivity contribution in [3.63, 3.8) is 0 Å². The number of hydrogen-bond acceptors (Lipinski definition) is 5. The average Bonchev–Trinajstić information content (AvgIpc) is 3.23.